The SMILES string of the molecule is CC/C=C\C/C=C\C/C=C\C/C=C\C/C=C\CCCCCCCC(=O)OCC(COP(=O)(O)OCC(O)COP(=O)(O)OCC(O)COC(=O)CCCCCCCCCCCCC/C=C\C/C=C\C/C=C\C/C=C\CCCCC)OC(=O)CCCCCCCCCCCCCCCCC. The highest BCUT2D eigenvalue weighted by Crippen LogP contribution is 2.45. The summed E-state index contributed by atoms with van der Waals surface area (Å²) in [6.07, 6.45) is 85.6. The summed E-state index contributed by atoms with van der Waals surface area (Å²) < 4.78 is 61.1. The summed E-state index contributed by atoms with van der Waals surface area (Å²) in [6, 6.07) is 0. The smallest absolute Gasteiger partial charge is 0.463 e. The fourth-order valence-electron chi connectivity index (χ4n) is 10.5. The molecule has 0 amide bonds. The van der Waals surface area contributed by atoms with Crippen LogP contribution in [0.15, 0.2) is 109 Å². The maximum Gasteiger partial charge on any atom is 0.472 e. The first-order chi connectivity index (χ1) is 48.2. The molecule has 0 heterocycles. The van der Waals surface area contributed by atoms with Crippen LogP contribution in [-0.4, -0.2) is 95.9 Å². The van der Waals surface area contributed by atoms with E-state index in [0.717, 1.165) is 135 Å². The van der Waals surface area contributed by atoms with Crippen molar-refractivity contribution in [2.75, 3.05) is 39.6 Å². The van der Waals surface area contributed by atoms with Gasteiger partial charge in [0.15, 0.2) is 6.10 Å². The molecule has 0 aliphatic carbocycles. The summed E-state index contributed by atoms with van der Waals surface area (Å²) in [5, 5.41) is 20.6. The van der Waals surface area contributed by atoms with Crippen molar-refractivity contribution >= 4 is 33.6 Å². The Morgan fingerprint density at radius 2 is 0.535 bits per heavy atom. The lowest BCUT2D eigenvalue weighted by Crippen LogP contribution is -2.30. The second-order valence-corrected chi connectivity index (χ2v) is 29.0. The number of hydrogen-bond donors (Lipinski definition) is 4. The molecule has 5 atom stereocenters. The van der Waals surface area contributed by atoms with Crippen LogP contribution in [0.1, 0.15) is 329 Å². The highest BCUT2D eigenvalue weighted by atomic mass is 31.2. The minimum Gasteiger partial charge on any atom is -0.463 e. The average molecular weight is 1430 g/mol. The van der Waals surface area contributed by atoms with E-state index in [1.165, 1.54) is 135 Å². The zero-order valence-electron chi connectivity index (χ0n) is 62.4. The number of phosphoric ester groups is 2. The number of phosphoric acid groups is 2. The van der Waals surface area contributed by atoms with Crippen molar-refractivity contribution in [2.45, 2.75) is 347 Å². The first-order valence-electron chi connectivity index (χ1n) is 39.2. The summed E-state index contributed by atoms with van der Waals surface area (Å²) in [7, 11) is -9.79. The van der Waals surface area contributed by atoms with Gasteiger partial charge in [0.25, 0.3) is 0 Å². The number of aliphatic hydroxyl groups excluding tert-OH is 2. The Kier molecular flexibility index (Phi) is 71.1. The molecule has 0 saturated carbocycles. The Labute approximate surface area is 602 Å². The number of carbonyl (C=O) groups excluding carboxylic acids is 3. The first kappa shape index (κ1) is 95.2. The van der Waals surface area contributed by atoms with Crippen molar-refractivity contribution in [1.29, 1.82) is 0 Å². The lowest BCUT2D eigenvalue weighted by atomic mass is 10.0. The maximum absolute atomic E-state index is 13.0. The van der Waals surface area contributed by atoms with Crippen LogP contribution in [0.3, 0.4) is 0 Å². The van der Waals surface area contributed by atoms with E-state index < -0.39 is 91.5 Å². The number of esters is 3. The zero-order chi connectivity index (χ0) is 72.3. The molecule has 4 N–H and O–H groups in total. The van der Waals surface area contributed by atoms with Gasteiger partial charge in [0.1, 0.15) is 25.4 Å². The summed E-state index contributed by atoms with van der Waals surface area (Å²) in [5.74, 6) is -1.59. The number of allylic oxidation sites excluding steroid dienone is 18. The van der Waals surface area contributed by atoms with Gasteiger partial charge in [-0.3, -0.25) is 32.5 Å². The van der Waals surface area contributed by atoms with Crippen molar-refractivity contribution in [1.82, 2.24) is 0 Å². The number of aliphatic hydroxyl groups is 2. The summed E-state index contributed by atoms with van der Waals surface area (Å²) in [4.78, 5) is 58.6. The maximum atomic E-state index is 13.0. The van der Waals surface area contributed by atoms with Gasteiger partial charge in [-0.1, -0.05) is 310 Å². The third kappa shape index (κ3) is 75.2. The molecule has 0 bridgehead atoms. The molecule has 0 saturated heterocycles. The van der Waals surface area contributed by atoms with E-state index in [-0.39, 0.29) is 19.3 Å². The van der Waals surface area contributed by atoms with Gasteiger partial charge in [-0.2, -0.15) is 0 Å². The summed E-state index contributed by atoms with van der Waals surface area (Å²) in [5.41, 5.74) is 0. The number of ether oxygens (including phenoxy) is 3. The molecule has 99 heavy (non-hydrogen) atoms. The third-order valence-electron chi connectivity index (χ3n) is 16.5. The zero-order valence-corrected chi connectivity index (χ0v) is 64.2. The van der Waals surface area contributed by atoms with E-state index in [1.807, 2.05) is 0 Å². The molecule has 0 aliphatic rings. The molecular weight excluding hydrogens is 1290 g/mol. The number of carbonyl (C=O) groups is 3. The average Bonchev–Trinajstić information content (AvgIpc) is 1.55. The molecule has 0 spiro atoms. The van der Waals surface area contributed by atoms with Gasteiger partial charge in [-0.25, -0.2) is 9.13 Å². The lowest BCUT2D eigenvalue weighted by Gasteiger charge is -2.21. The van der Waals surface area contributed by atoms with E-state index in [1.54, 1.807) is 0 Å². The molecule has 0 aromatic rings. The quantitative estimate of drug-likeness (QED) is 0.0146. The highest BCUT2D eigenvalue weighted by Gasteiger charge is 2.29. The van der Waals surface area contributed by atoms with Crippen molar-refractivity contribution < 1.29 is 75.8 Å². The molecule has 18 heteroatoms. The largest absolute Gasteiger partial charge is 0.472 e. The normalized spacial score (nSPS) is 14.6. The predicted molar refractivity (Wildman–Crippen MR) is 408 cm³/mol. The molecule has 5 unspecified atom stereocenters. The Morgan fingerprint density at radius 1 is 0.293 bits per heavy atom. The molecule has 16 nitrogen and oxygen atoms in total. The van der Waals surface area contributed by atoms with Gasteiger partial charge in [-0.05, 0) is 109 Å². The molecule has 0 aliphatic heterocycles. The van der Waals surface area contributed by atoms with Gasteiger partial charge in [0.2, 0.25) is 0 Å². The minimum atomic E-state index is -4.93. The van der Waals surface area contributed by atoms with E-state index >= 15 is 0 Å². The molecule has 572 valence electrons. The number of rotatable bonds is 74. The van der Waals surface area contributed by atoms with E-state index in [4.69, 9.17) is 32.3 Å². The van der Waals surface area contributed by atoms with Crippen LogP contribution in [0.2, 0.25) is 0 Å². The fourth-order valence-corrected chi connectivity index (χ4v) is 12.1. The Hall–Kier alpha value is -3.79. The molecule has 0 aromatic carbocycles. The van der Waals surface area contributed by atoms with Crippen LogP contribution in [0.5, 0.6) is 0 Å². The summed E-state index contributed by atoms with van der Waals surface area (Å²) in [6.45, 7) is 2.55. The lowest BCUT2D eigenvalue weighted by molar-refractivity contribution is -0.161. The molecular formula is C81H142O16P2. The standard InChI is InChI=1S/C81H142O16P2/c1-4-7-10-13-16-19-22-25-28-30-32-34-35-36-37-38-39-41-43-44-47-49-52-55-58-61-64-67-79(84)91-70-76(82)71-93-98(87,88)94-72-77(83)73-95-99(89,90)96-75-78(97-81(86)69-66-63-60-57-54-51-46-27-24-21-18-15-12-9-6-3)74-92-80(85)68-65-62-59-56-53-50-48-45-42-40-33-31-29-26-23-20-17-14-11-8-5-2/h8,11,16-17,19-20,25-26,28-29,32-34,36-37,40,45,48,76-78,82-83H,4-7,9-10,12-15,18,21-24,27,30-31,35,38-39,41-44,46-47,49-75H2,1-3H3,(H,87,88)(H,89,90)/b11-8-,19-16-,20-17-,28-25-,29-26-,34-32-,37-36-,40-33-,48-45-. The topological polar surface area (TPSA) is 231 Å². The van der Waals surface area contributed by atoms with Crippen molar-refractivity contribution in [2.24, 2.45) is 0 Å². The van der Waals surface area contributed by atoms with Crippen LogP contribution >= 0.6 is 15.6 Å². The second-order valence-electron chi connectivity index (χ2n) is 26.1. The van der Waals surface area contributed by atoms with Crippen molar-refractivity contribution in [3.05, 3.63) is 109 Å². The van der Waals surface area contributed by atoms with Crippen LogP contribution in [-0.2, 0) is 55.8 Å². The second kappa shape index (κ2) is 73.9. The van der Waals surface area contributed by atoms with Crippen LogP contribution in [0.4, 0.5) is 0 Å². The summed E-state index contributed by atoms with van der Waals surface area (Å²) >= 11 is 0. The van der Waals surface area contributed by atoms with Gasteiger partial charge >= 0.3 is 33.6 Å². The van der Waals surface area contributed by atoms with Gasteiger partial charge in [-0.15, -0.1) is 0 Å². The Morgan fingerprint density at radius 3 is 0.869 bits per heavy atom. The van der Waals surface area contributed by atoms with Gasteiger partial charge in [0, 0.05) is 19.3 Å². The van der Waals surface area contributed by atoms with Crippen LogP contribution in [0.25, 0.3) is 0 Å². The predicted octanol–water partition coefficient (Wildman–Crippen LogP) is 22.8. The first-order valence-corrected chi connectivity index (χ1v) is 42.2. The Bertz CT molecular complexity index is 2240. The molecule has 0 radical (unpaired) electrons. The van der Waals surface area contributed by atoms with Crippen LogP contribution in [0, 0.1) is 0 Å². The monoisotopic (exact) mass is 1430 g/mol. The number of unbranched alkanes of at least 4 members (excludes halogenated alkanes) is 33. The minimum absolute atomic E-state index is 0.102. The van der Waals surface area contributed by atoms with E-state index in [2.05, 4.69) is 130 Å². The van der Waals surface area contributed by atoms with Crippen molar-refractivity contribution in [3.63, 3.8) is 0 Å². The molecule has 0 aromatic heterocycles. The van der Waals surface area contributed by atoms with Gasteiger partial charge in [0.05, 0.1) is 26.4 Å². The van der Waals surface area contributed by atoms with Gasteiger partial charge < -0.3 is 34.2 Å². The van der Waals surface area contributed by atoms with Crippen LogP contribution < -0.4 is 0 Å². The molecule has 0 rings (SSSR count). The number of hydrogen-bond acceptors (Lipinski definition) is 14. The van der Waals surface area contributed by atoms with Crippen molar-refractivity contribution in [3.8, 4) is 0 Å². The third-order valence-corrected chi connectivity index (χ3v) is 18.4. The fraction of sp³-hybridized carbons (Fsp3) is 0.741. The highest BCUT2D eigenvalue weighted by molar-refractivity contribution is 7.47. The Balaban J connectivity index is 4.57. The molecule has 0 fully saturated rings. The van der Waals surface area contributed by atoms with E-state index in [0.29, 0.717) is 19.3 Å². The van der Waals surface area contributed by atoms with E-state index in [9.17, 15) is 43.5 Å².